The molecule has 1 aliphatic heterocycles. The van der Waals surface area contributed by atoms with Crippen LogP contribution in [0.2, 0.25) is 0 Å². The van der Waals surface area contributed by atoms with Crippen LogP contribution in [0.15, 0.2) is 4.99 Å². The molecule has 1 amide bonds. The van der Waals surface area contributed by atoms with Gasteiger partial charge in [0.25, 0.3) is 0 Å². The van der Waals surface area contributed by atoms with Gasteiger partial charge in [-0.05, 0) is 80.1 Å². The summed E-state index contributed by atoms with van der Waals surface area (Å²) < 4.78 is 5.72. The van der Waals surface area contributed by atoms with Crippen molar-refractivity contribution in [3.05, 3.63) is 0 Å². The summed E-state index contributed by atoms with van der Waals surface area (Å²) >= 11 is 0. The Balaban J connectivity index is 0.00000480. The quantitative estimate of drug-likeness (QED) is 0.216. The molecule has 0 unspecified atom stereocenters. The van der Waals surface area contributed by atoms with Crippen molar-refractivity contribution in [3.8, 4) is 0 Å². The van der Waals surface area contributed by atoms with Crippen molar-refractivity contribution in [1.82, 2.24) is 20.4 Å². The number of aliphatic imine (C=N–C) groups is 1. The van der Waals surface area contributed by atoms with Gasteiger partial charge in [0.2, 0.25) is 0 Å². The van der Waals surface area contributed by atoms with Crippen LogP contribution in [0, 0.1) is 5.92 Å². The van der Waals surface area contributed by atoms with Crippen molar-refractivity contribution in [2.24, 2.45) is 10.9 Å². The molecular weight excluding hydrogens is 505 g/mol. The number of nitrogens with one attached hydrogen (secondary N) is 2. The fraction of sp³-hybridized carbons (Fsp3) is 0.913. The summed E-state index contributed by atoms with van der Waals surface area (Å²) in [6.45, 7) is 19.6. The SMILES string of the molecule is CCNC(=NCCNC(C)(C)C)N1CCC(N(CC2CC2)C(=O)OC(C)(C)C)CC1.I. The maximum atomic E-state index is 12.8. The molecular formula is C23H46IN5O2. The van der Waals surface area contributed by atoms with Crippen molar-refractivity contribution in [2.75, 3.05) is 39.3 Å². The molecule has 0 spiro atoms. The van der Waals surface area contributed by atoms with Gasteiger partial charge in [-0.15, -0.1) is 24.0 Å². The van der Waals surface area contributed by atoms with E-state index in [0.717, 1.165) is 58.1 Å². The Morgan fingerprint density at radius 2 is 1.71 bits per heavy atom. The standard InChI is InChI=1S/C23H45N5O2.HI/c1-8-24-20(25-13-14-26-22(2,3)4)27-15-11-19(12-16-27)28(17-18-9-10-18)21(29)30-23(5,6)7;/h18-19,26H,8-17H2,1-7H3,(H,24,25);1H. The van der Waals surface area contributed by atoms with Crippen molar-refractivity contribution < 1.29 is 9.53 Å². The number of guanidine groups is 1. The second kappa shape index (κ2) is 12.5. The van der Waals surface area contributed by atoms with Crippen molar-refractivity contribution in [3.63, 3.8) is 0 Å². The lowest BCUT2D eigenvalue weighted by Crippen LogP contribution is -2.52. The van der Waals surface area contributed by atoms with Crippen molar-refractivity contribution in [2.45, 2.75) is 91.3 Å². The predicted octanol–water partition coefficient (Wildman–Crippen LogP) is 4.07. The largest absolute Gasteiger partial charge is 0.444 e. The maximum absolute atomic E-state index is 12.8. The summed E-state index contributed by atoms with van der Waals surface area (Å²) in [6.07, 6.45) is 4.23. The zero-order valence-electron chi connectivity index (χ0n) is 20.8. The van der Waals surface area contributed by atoms with Crippen LogP contribution < -0.4 is 10.6 Å². The van der Waals surface area contributed by atoms with Gasteiger partial charge in [0, 0.05) is 44.3 Å². The van der Waals surface area contributed by atoms with E-state index in [1.165, 1.54) is 12.8 Å². The van der Waals surface area contributed by atoms with E-state index in [1.54, 1.807) is 0 Å². The fourth-order valence-electron chi connectivity index (χ4n) is 3.68. The van der Waals surface area contributed by atoms with Gasteiger partial charge < -0.3 is 25.2 Å². The number of carbonyl (C=O) groups is 1. The smallest absolute Gasteiger partial charge is 0.410 e. The molecule has 2 rings (SSSR count). The van der Waals surface area contributed by atoms with Gasteiger partial charge in [0.05, 0.1) is 6.54 Å². The number of piperidine rings is 1. The first kappa shape index (κ1) is 28.3. The van der Waals surface area contributed by atoms with Crippen LogP contribution in [-0.2, 0) is 4.74 Å². The average Bonchev–Trinajstić information content (AvgIpc) is 3.44. The number of hydrogen-bond acceptors (Lipinski definition) is 4. The lowest BCUT2D eigenvalue weighted by molar-refractivity contribution is 0.00928. The van der Waals surface area contributed by atoms with E-state index < -0.39 is 5.60 Å². The molecule has 8 heteroatoms. The molecule has 0 radical (unpaired) electrons. The van der Waals surface area contributed by atoms with Gasteiger partial charge in [0.1, 0.15) is 5.60 Å². The number of amides is 1. The molecule has 2 aliphatic rings. The average molecular weight is 552 g/mol. The Bertz CT molecular complexity index is 573. The number of hydrogen-bond donors (Lipinski definition) is 2. The minimum Gasteiger partial charge on any atom is -0.444 e. The molecule has 1 aliphatic carbocycles. The van der Waals surface area contributed by atoms with Crippen molar-refractivity contribution in [1.29, 1.82) is 0 Å². The molecule has 0 bridgehead atoms. The van der Waals surface area contributed by atoms with Gasteiger partial charge in [-0.2, -0.15) is 0 Å². The highest BCUT2D eigenvalue weighted by atomic mass is 127. The Morgan fingerprint density at radius 1 is 1.10 bits per heavy atom. The number of rotatable bonds is 7. The van der Waals surface area contributed by atoms with E-state index in [4.69, 9.17) is 9.73 Å². The van der Waals surface area contributed by atoms with Crippen LogP contribution >= 0.6 is 24.0 Å². The first-order valence-corrected chi connectivity index (χ1v) is 11.8. The van der Waals surface area contributed by atoms with E-state index in [9.17, 15) is 4.79 Å². The third-order valence-electron chi connectivity index (χ3n) is 5.35. The number of nitrogens with zero attached hydrogens (tertiary/aromatic N) is 3. The molecule has 0 aromatic heterocycles. The molecule has 2 fully saturated rings. The van der Waals surface area contributed by atoms with Crippen LogP contribution in [0.4, 0.5) is 4.79 Å². The molecule has 31 heavy (non-hydrogen) atoms. The summed E-state index contributed by atoms with van der Waals surface area (Å²) in [5, 5.41) is 6.92. The lowest BCUT2D eigenvalue weighted by Gasteiger charge is -2.40. The summed E-state index contributed by atoms with van der Waals surface area (Å²) in [5.41, 5.74) is -0.343. The summed E-state index contributed by atoms with van der Waals surface area (Å²) in [4.78, 5) is 22.0. The van der Waals surface area contributed by atoms with E-state index in [1.807, 2.05) is 25.7 Å². The Morgan fingerprint density at radius 3 is 2.19 bits per heavy atom. The second-order valence-corrected chi connectivity index (χ2v) is 10.7. The maximum Gasteiger partial charge on any atom is 0.410 e. The minimum atomic E-state index is -0.453. The highest BCUT2D eigenvalue weighted by Gasteiger charge is 2.35. The number of halogens is 1. The fourth-order valence-corrected chi connectivity index (χ4v) is 3.68. The van der Waals surface area contributed by atoms with Gasteiger partial charge >= 0.3 is 6.09 Å². The minimum absolute atomic E-state index is 0. The van der Waals surface area contributed by atoms with Gasteiger partial charge in [0.15, 0.2) is 5.96 Å². The molecule has 182 valence electrons. The van der Waals surface area contributed by atoms with Crippen LogP contribution in [0.5, 0.6) is 0 Å². The van der Waals surface area contributed by atoms with E-state index in [2.05, 4.69) is 43.2 Å². The molecule has 0 atom stereocenters. The number of carbonyl (C=O) groups excluding carboxylic acids is 1. The zero-order chi connectivity index (χ0) is 22.4. The van der Waals surface area contributed by atoms with Crippen LogP contribution in [0.1, 0.15) is 74.1 Å². The van der Waals surface area contributed by atoms with E-state index >= 15 is 0 Å². The topological polar surface area (TPSA) is 69.2 Å². The van der Waals surface area contributed by atoms with Gasteiger partial charge in [-0.1, -0.05) is 0 Å². The molecule has 0 aromatic carbocycles. The Labute approximate surface area is 207 Å². The molecule has 1 saturated carbocycles. The Kier molecular flexibility index (Phi) is 11.4. The van der Waals surface area contributed by atoms with Crippen LogP contribution in [0.3, 0.4) is 0 Å². The highest BCUT2D eigenvalue weighted by Crippen LogP contribution is 2.32. The van der Waals surface area contributed by atoms with Crippen LogP contribution in [-0.4, -0.2) is 78.3 Å². The normalized spacial score (nSPS) is 18.4. The van der Waals surface area contributed by atoms with E-state index in [0.29, 0.717) is 5.92 Å². The molecule has 1 saturated heterocycles. The van der Waals surface area contributed by atoms with Crippen molar-refractivity contribution >= 4 is 36.0 Å². The monoisotopic (exact) mass is 551 g/mol. The van der Waals surface area contributed by atoms with Crippen LogP contribution in [0.25, 0.3) is 0 Å². The second-order valence-electron chi connectivity index (χ2n) is 10.7. The zero-order valence-corrected chi connectivity index (χ0v) is 23.1. The predicted molar refractivity (Wildman–Crippen MR) is 139 cm³/mol. The first-order valence-electron chi connectivity index (χ1n) is 11.8. The number of ether oxygens (including phenoxy) is 1. The van der Waals surface area contributed by atoms with Gasteiger partial charge in [-0.3, -0.25) is 4.99 Å². The third-order valence-corrected chi connectivity index (χ3v) is 5.35. The Hall–Kier alpha value is -0.770. The highest BCUT2D eigenvalue weighted by molar-refractivity contribution is 14.0. The third kappa shape index (κ3) is 11.1. The summed E-state index contributed by atoms with van der Waals surface area (Å²) in [5.74, 6) is 1.64. The molecule has 0 aromatic rings. The first-order chi connectivity index (χ1) is 14.0. The molecule has 2 N–H and O–H groups in total. The number of likely N-dealkylation sites (tertiary alicyclic amines) is 1. The van der Waals surface area contributed by atoms with E-state index in [-0.39, 0.29) is 41.7 Å². The lowest BCUT2D eigenvalue weighted by atomic mass is 10.0. The molecule has 1 heterocycles. The molecule has 7 nitrogen and oxygen atoms in total. The summed E-state index contributed by atoms with van der Waals surface area (Å²) in [6, 6.07) is 0.252. The van der Waals surface area contributed by atoms with Gasteiger partial charge in [-0.25, -0.2) is 4.79 Å². The summed E-state index contributed by atoms with van der Waals surface area (Å²) in [7, 11) is 0.